The fourth-order valence-corrected chi connectivity index (χ4v) is 2.75. The number of benzene rings is 1. The van der Waals surface area contributed by atoms with Gasteiger partial charge in [0, 0.05) is 24.2 Å². The maximum Gasteiger partial charge on any atom is 0.243 e. The molecule has 6 nitrogen and oxygen atoms in total. The van der Waals surface area contributed by atoms with E-state index in [0.29, 0.717) is 18.0 Å². The first-order chi connectivity index (χ1) is 11.1. The predicted octanol–water partition coefficient (Wildman–Crippen LogP) is 1.48. The molecule has 0 radical (unpaired) electrons. The molecule has 2 amide bonds. The summed E-state index contributed by atoms with van der Waals surface area (Å²) in [5.74, 6) is 0.596. The molecule has 1 fully saturated rings. The number of hydrogen-bond donors (Lipinski definition) is 2. The van der Waals surface area contributed by atoms with Gasteiger partial charge in [-0.15, -0.1) is 0 Å². The van der Waals surface area contributed by atoms with Crippen LogP contribution in [0.5, 0.6) is 5.75 Å². The highest BCUT2D eigenvalue weighted by Crippen LogP contribution is 2.17. The number of carbonyl (C=O) groups is 2. The number of nitrogens with zero attached hydrogens (tertiary/aromatic N) is 1. The fourth-order valence-electron chi connectivity index (χ4n) is 2.75. The van der Waals surface area contributed by atoms with Gasteiger partial charge in [-0.25, -0.2) is 0 Å². The summed E-state index contributed by atoms with van der Waals surface area (Å²) in [4.78, 5) is 26.4. The number of nitrogens with one attached hydrogen (secondary N) is 2. The zero-order valence-electron chi connectivity index (χ0n) is 13.8. The number of piperidine rings is 1. The van der Waals surface area contributed by atoms with Gasteiger partial charge >= 0.3 is 0 Å². The average molecular weight is 319 g/mol. The van der Waals surface area contributed by atoms with Crippen LogP contribution < -0.4 is 15.4 Å². The van der Waals surface area contributed by atoms with Crippen molar-refractivity contribution < 1.29 is 14.3 Å². The standard InChI is InChI=1S/C17H25N3O3/c1-3-20(17(22)13-7-9-18-10-8-13)12-16(21)19-14-5-4-6-15(11-14)23-2/h4-6,11,13,18H,3,7-10,12H2,1-2H3,(H,19,21). The van der Waals surface area contributed by atoms with Crippen LogP contribution >= 0.6 is 0 Å². The van der Waals surface area contributed by atoms with Crippen LogP contribution in [-0.2, 0) is 9.59 Å². The Morgan fingerprint density at radius 3 is 2.74 bits per heavy atom. The maximum atomic E-state index is 12.5. The Balaban J connectivity index is 1.92. The normalized spacial score (nSPS) is 15.0. The molecule has 1 saturated heterocycles. The summed E-state index contributed by atoms with van der Waals surface area (Å²) in [6, 6.07) is 7.18. The molecule has 0 aromatic heterocycles. The van der Waals surface area contributed by atoms with Crippen molar-refractivity contribution in [1.82, 2.24) is 10.2 Å². The number of hydrogen-bond acceptors (Lipinski definition) is 4. The third-order valence-electron chi connectivity index (χ3n) is 4.07. The van der Waals surface area contributed by atoms with E-state index in [4.69, 9.17) is 4.74 Å². The highest BCUT2D eigenvalue weighted by molar-refractivity contribution is 5.95. The first-order valence-corrected chi connectivity index (χ1v) is 8.07. The van der Waals surface area contributed by atoms with Gasteiger partial charge in [-0.1, -0.05) is 6.07 Å². The lowest BCUT2D eigenvalue weighted by Crippen LogP contribution is -2.44. The number of amides is 2. The lowest BCUT2D eigenvalue weighted by atomic mass is 9.96. The topological polar surface area (TPSA) is 70.7 Å². The first kappa shape index (κ1) is 17.3. The highest BCUT2D eigenvalue weighted by Gasteiger charge is 2.26. The van der Waals surface area contributed by atoms with Crippen LogP contribution in [0.3, 0.4) is 0 Å². The zero-order chi connectivity index (χ0) is 16.7. The molecule has 1 aliphatic rings. The minimum absolute atomic E-state index is 0.0285. The average Bonchev–Trinajstić information content (AvgIpc) is 2.60. The largest absolute Gasteiger partial charge is 0.497 e. The van der Waals surface area contributed by atoms with E-state index in [-0.39, 0.29) is 24.3 Å². The van der Waals surface area contributed by atoms with Gasteiger partial charge in [-0.2, -0.15) is 0 Å². The van der Waals surface area contributed by atoms with Crippen molar-refractivity contribution in [1.29, 1.82) is 0 Å². The zero-order valence-corrected chi connectivity index (χ0v) is 13.8. The van der Waals surface area contributed by atoms with Crippen LogP contribution in [0, 0.1) is 5.92 Å². The molecule has 2 N–H and O–H groups in total. The highest BCUT2D eigenvalue weighted by atomic mass is 16.5. The summed E-state index contributed by atoms with van der Waals surface area (Å²) in [6.07, 6.45) is 1.68. The molecule has 0 unspecified atom stereocenters. The smallest absolute Gasteiger partial charge is 0.243 e. The van der Waals surface area contributed by atoms with Crippen LogP contribution in [0.1, 0.15) is 19.8 Å². The monoisotopic (exact) mass is 319 g/mol. The van der Waals surface area contributed by atoms with E-state index in [1.165, 1.54) is 0 Å². The molecule has 1 heterocycles. The van der Waals surface area contributed by atoms with Crippen molar-refractivity contribution >= 4 is 17.5 Å². The molecule has 126 valence electrons. The van der Waals surface area contributed by atoms with Crippen LogP contribution in [0.15, 0.2) is 24.3 Å². The predicted molar refractivity (Wildman–Crippen MR) is 89.5 cm³/mol. The van der Waals surface area contributed by atoms with Gasteiger partial charge in [0.2, 0.25) is 11.8 Å². The van der Waals surface area contributed by atoms with E-state index in [2.05, 4.69) is 10.6 Å². The summed E-state index contributed by atoms with van der Waals surface area (Å²) >= 11 is 0. The number of anilines is 1. The third-order valence-corrected chi connectivity index (χ3v) is 4.07. The van der Waals surface area contributed by atoms with Gasteiger partial charge in [0.15, 0.2) is 0 Å². The quantitative estimate of drug-likeness (QED) is 0.833. The van der Waals surface area contributed by atoms with Crippen LogP contribution in [0.25, 0.3) is 0 Å². The Morgan fingerprint density at radius 2 is 2.09 bits per heavy atom. The second kappa shape index (κ2) is 8.53. The Hall–Kier alpha value is -2.08. The van der Waals surface area contributed by atoms with Crippen molar-refractivity contribution in [3.05, 3.63) is 24.3 Å². The SMILES string of the molecule is CCN(CC(=O)Nc1cccc(OC)c1)C(=O)C1CCNCC1. The van der Waals surface area contributed by atoms with E-state index < -0.39 is 0 Å². The fraction of sp³-hybridized carbons (Fsp3) is 0.529. The minimum Gasteiger partial charge on any atom is -0.497 e. The van der Waals surface area contributed by atoms with Gasteiger partial charge in [0.25, 0.3) is 0 Å². The molecule has 0 atom stereocenters. The number of rotatable bonds is 6. The molecule has 0 aliphatic carbocycles. The molecular weight excluding hydrogens is 294 g/mol. The Bertz CT molecular complexity index is 542. The minimum atomic E-state index is -0.192. The molecule has 1 aromatic carbocycles. The molecule has 2 rings (SSSR count). The van der Waals surface area contributed by atoms with Gasteiger partial charge in [0.1, 0.15) is 5.75 Å². The number of ether oxygens (including phenoxy) is 1. The maximum absolute atomic E-state index is 12.5. The van der Waals surface area contributed by atoms with Crippen molar-refractivity contribution in [2.24, 2.45) is 5.92 Å². The van der Waals surface area contributed by atoms with Gasteiger partial charge < -0.3 is 20.3 Å². The molecular formula is C17H25N3O3. The summed E-state index contributed by atoms with van der Waals surface area (Å²) < 4.78 is 5.13. The van der Waals surface area contributed by atoms with E-state index >= 15 is 0 Å². The van der Waals surface area contributed by atoms with Crippen LogP contribution in [0.2, 0.25) is 0 Å². The van der Waals surface area contributed by atoms with E-state index in [1.807, 2.05) is 19.1 Å². The molecule has 0 spiro atoms. The molecule has 23 heavy (non-hydrogen) atoms. The number of carbonyl (C=O) groups excluding carboxylic acids is 2. The molecule has 0 saturated carbocycles. The summed E-state index contributed by atoms with van der Waals surface area (Å²) in [5.41, 5.74) is 0.666. The summed E-state index contributed by atoms with van der Waals surface area (Å²) in [7, 11) is 1.58. The number of methoxy groups -OCH3 is 1. The Kier molecular flexibility index (Phi) is 6.40. The Labute approximate surface area is 137 Å². The molecule has 1 aromatic rings. The lowest BCUT2D eigenvalue weighted by molar-refractivity contribution is -0.138. The number of likely N-dealkylation sites (N-methyl/N-ethyl adjacent to an activating group) is 1. The third kappa shape index (κ3) is 4.96. The van der Waals surface area contributed by atoms with E-state index in [9.17, 15) is 9.59 Å². The van der Waals surface area contributed by atoms with E-state index in [0.717, 1.165) is 25.9 Å². The van der Waals surface area contributed by atoms with Gasteiger partial charge in [-0.05, 0) is 45.0 Å². The van der Waals surface area contributed by atoms with Crippen LogP contribution in [0.4, 0.5) is 5.69 Å². The van der Waals surface area contributed by atoms with Crippen molar-refractivity contribution in [2.75, 3.05) is 38.6 Å². The summed E-state index contributed by atoms with van der Waals surface area (Å²) in [6.45, 7) is 4.25. The molecule has 0 bridgehead atoms. The van der Waals surface area contributed by atoms with Crippen LogP contribution in [-0.4, -0.2) is 50.0 Å². The first-order valence-electron chi connectivity index (χ1n) is 8.07. The Morgan fingerprint density at radius 1 is 1.35 bits per heavy atom. The van der Waals surface area contributed by atoms with Gasteiger partial charge in [-0.3, -0.25) is 9.59 Å². The van der Waals surface area contributed by atoms with E-state index in [1.54, 1.807) is 24.1 Å². The van der Waals surface area contributed by atoms with Crippen molar-refractivity contribution in [2.45, 2.75) is 19.8 Å². The lowest BCUT2D eigenvalue weighted by Gasteiger charge is -2.28. The van der Waals surface area contributed by atoms with Crippen molar-refractivity contribution in [3.63, 3.8) is 0 Å². The summed E-state index contributed by atoms with van der Waals surface area (Å²) in [5, 5.41) is 6.06. The van der Waals surface area contributed by atoms with Gasteiger partial charge in [0.05, 0.1) is 13.7 Å². The van der Waals surface area contributed by atoms with Crippen molar-refractivity contribution in [3.8, 4) is 5.75 Å². The molecule has 6 heteroatoms. The second-order valence-electron chi connectivity index (χ2n) is 5.66. The second-order valence-corrected chi connectivity index (χ2v) is 5.66. The molecule has 1 aliphatic heterocycles.